The van der Waals surface area contributed by atoms with Gasteiger partial charge in [-0.15, -0.1) is 0 Å². The van der Waals surface area contributed by atoms with E-state index in [1.54, 1.807) is 49.4 Å². The SMILES string of the molecule is CCNC(=O)[C@H](C)N(Cc1ccc(Cl)cc1)C(=O)CCCN(C)S(=O)(=O)c1ccccc1. The average molecular weight is 480 g/mol. The Hall–Kier alpha value is -2.42. The molecule has 0 saturated carbocycles. The molecule has 32 heavy (non-hydrogen) atoms. The number of sulfonamides is 1. The summed E-state index contributed by atoms with van der Waals surface area (Å²) >= 11 is 5.95. The van der Waals surface area contributed by atoms with E-state index >= 15 is 0 Å². The van der Waals surface area contributed by atoms with Crippen molar-refractivity contribution in [2.75, 3.05) is 20.1 Å². The second-order valence-corrected chi connectivity index (χ2v) is 9.94. The van der Waals surface area contributed by atoms with E-state index in [2.05, 4.69) is 5.32 Å². The van der Waals surface area contributed by atoms with Gasteiger partial charge in [-0.25, -0.2) is 12.7 Å². The van der Waals surface area contributed by atoms with Crippen LogP contribution in [0.3, 0.4) is 0 Å². The van der Waals surface area contributed by atoms with Gasteiger partial charge in [-0.2, -0.15) is 0 Å². The summed E-state index contributed by atoms with van der Waals surface area (Å²) in [5, 5.41) is 3.34. The number of amides is 2. The normalized spacial score (nSPS) is 12.4. The third kappa shape index (κ3) is 7.05. The molecule has 9 heteroatoms. The number of benzene rings is 2. The molecule has 0 unspecified atom stereocenters. The summed E-state index contributed by atoms with van der Waals surface area (Å²) in [6.45, 7) is 4.41. The van der Waals surface area contributed by atoms with Gasteiger partial charge in [0.15, 0.2) is 0 Å². The molecule has 1 N–H and O–H groups in total. The van der Waals surface area contributed by atoms with Crippen LogP contribution in [-0.4, -0.2) is 55.6 Å². The van der Waals surface area contributed by atoms with Crippen LogP contribution in [0.4, 0.5) is 0 Å². The van der Waals surface area contributed by atoms with Crippen molar-refractivity contribution in [2.45, 2.75) is 44.2 Å². The predicted molar refractivity (Wildman–Crippen MR) is 126 cm³/mol. The molecule has 174 valence electrons. The second-order valence-electron chi connectivity index (χ2n) is 7.46. The van der Waals surface area contributed by atoms with Gasteiger partial charge in [0.2, 0.25) is 21.8 Å². The van der Waals surface area contributed by atoms with E-state index in [4.69, 9.17) is 11.6 Å². The van der Waals surface area contributed by atoms with Gasteiger partial charge in [0.25, 0.3) is 0 Å². The lowest BCUT2D eigenvalue weighted by Gasteiger charge is -2.29. The van der Waals surface area contributed by atoms with Gasteiger partial charge >= 0.3 is 0 Å². The molecule has 0 fully saturated rings. The van der Waals surface area contributed by atoms with Crippen molar-refractivity contribution in [2.24, 2.45) is 0 Å². The lowest BCUT2D eigenvalue weighted by molar-refractivity contribution is -0.140. The summed E-state index contributed by atoms with van der Waals surface area (Å²) in [6, 6.07) is 14.6. The van der Waals surface area contributed by atoms with Crippen LogP contribution in [0.1, 0.15) is 32.3 Å². The van der Waals surface area contributed by atoms with Crippen LogP contribution >= 0.6 is 11.6 Å². The smallest absolute Gasteiger partial charge is 0.242 e. The topological polar surface area (TPSA) is 86.8 Å². The Balaban J connectivity index is 2.05. The number of nitrogens with one attached hydrogen (secondary N) is 1. The Labute approximate surface area is 195 Å². The average Bonchev–Trinajstić information content (AvgIpc) is 2.78. The van der Waals surface area contributed by atoms with Crippen molar-refractivity contribution in [1.82, 2.24) is 14.5 Å². The number of carbonyl (C=O) groups excluding carboxylic acids is 2. The minimum Gasteiger partial charge on any atom is -0.355 e. The third-order valence-corrected chi connectivity index (χ3v) is 7.22. The highest BCUT2D eigenvalue weighted by Gasteiger charge is 2.26. The zero-order valence-electron chi connectivity index (χ0n) is 18.6. The van der Waals surface area contributed by atoms with Crippen LogP contribution < -0.4 is 5.32 Å². The summed E-state index contributed by atoms with van der Waals surface area (Å²) < 4.78 is 26.5. The lowest BCUT2D eigenvalue weighted by atomic mass is 10.1. The van der Waals surface area contributed by atoms with Crippen LogP contribution in [0, 0.1) is 0 Å². The van der Waals surface area contributed by atoms with Crippen molar-refractivity contribution >= 4 is 33.4 Å². The molecule has 0 aliphatic rings. The minimum absolute atomic E-state index is 0.117. The summed E-state index contributed by atoms with van der Waals surface area (Å²) in [5.41, 5.74) is 0.850. The minimum atomic E-state index is -3.62. The highest BCUT2D eigenvalue weighted by atomic mass is 35.5. The standard InChI is InChI=1S/C23H30ClN3O4S/c1-4-25-23(29)18(2)27(17-19-12-14-20(24)15-13-19)22(28)11-8-16-26(3)32(30,31)21-9-6-5-7-10-21/h5-7,9-10,12-15,18H,4,8,11,16-17H2,1-3H3,(H,25,29)/t18-/m0/s1. The first kappa shape index (κ1) is 25.8. The summed E-state index contributed by atoms with van der Waals surface area (Å²) in [6.07, 6.45) is 0.451. The highest BCUT2D eigenvalue weighted by molar-refractivity contribution is 7.89. The Morgan fingerprint density at radius 3 is 2.28 bits per heavy atom. The maximum absolute atomic E-state index is 13.0. The van der Waals surface area contributed by atoms with E-state index in [-0.39, 0.29) is 36.2 Å². The first-order valence-electron chi connectivity index (χ1n) is 10.5. The van der Waals surface area contributed by atoms with Crippen LogP contribution in [0.25, 0.3) is 0 Å². The third-order valence-electron chi connectivity index (χ3n) is 5.10. The van der Waals surface area contributed by atoms with E-state index in [1.165, 1.54) is 16.3 Å². The fraction of sp³-hybridized carbons (Fsp3) is 0.391. The van der Waals surface area contributed by atoms with E-state index in [1.807, 2.05) is 19.1 Å². The van der Waals surface area contributed by atoms with Crippen molar-refractivity contribution in [3.05, 3.63) is 65.2 Å². The molecule has 0 heterocycles. The van der Waals surface area contributed by atoms with Crippen molar-refractivity contribution in [3.63, 3.8) is 0 Å². The molecule has 7 nitrogen and oxygen atoms in total. The molecule has 1 atom stereocenters. The number of halogens is 1. The summed E-state index contributed by atoms with van der Waals surface area (Å²) in [4.78, 5) is 27.1. The van der Waals surface area contributed by atoms with E-state index in [9.17, 15) is 18.0 Å². The van der Waals surface area contributed by atoms with Gasteiger partial charge in [-0.1, -0.05) is 41.9 Å². The van der Waals surface area contributed by atoms with Gasteiger partial charge in [-0.05, 0) is 50.1 Å². The van der Waals surface area contributed by atoms with E-state index in [0.717, 1.165) is 5.56 Å². The Kier molecular flexibility index (Phi) is 9.68. The fourth-order valence-electron chi connectivity index (χ4n) is 3.18. The number of carbonyl (C=O) groups is 2. The van der Waals surface area contributed by atoms with Crippen LogP contribution in [-0.2, 0) is 26.2 Å². The Morgan fingerprint density at radius 1 is 1.06 bits per heavy atom. The monoisotopic (exact) mass is 479 g/mol. The Bertz CT molecular complexity index is 998. The van der Waals surface area contributed by atoms with Crippen molar-refractivity contribution in [1.29, 1.82) is 0 Å². The molecule has 0 saturated heterocycles. The maximum atomic E-state index is 13.0. The molecule has 0 spiro atoms. The molecular formula is C23H30ClN3O4S. The van der Waals surface area contributed by atoms with Gasteiger partial charge in [0.05, 0.1) is 4.90 Å². The van der Waals surface area contributed by atoms with Crippen LogP contribution in [0.2, 0.25) is 5.02 Å². The molecule has 2 aromatic carbocycles. The lowest BCUT2D eigenvalue weighted by Crippen LogP contribution is -2.47. The number of likely N-dealkylation sites (N-methyl/N-ethyl adjacent to an activating group) is 1. The van der Waals surface area contributed by atoms with Crippen LogP contribution in [0.5, 0.6) is 0 Å². The first-order valence-corrected chi connectivity index (χ1v) is 12.3. The molecule has 0 radical (unpaired) electrons. The quantitative estimate of drug-likeness (QED) is 0.535. The number of hydrogen-bond acceptors (Lipinski definition) is 4. The predicted octanol–water partition coefficient (Wildman–Crippen LogP) is 3.29. The van der Waals surface area contributed by atoms with Gasteiger partial charge in [0, 0.05) is 38.1 Å². The molecular weight excluding hydrogens is 450 g/mol. The molecule has 0 aliphatic heterocycles. The zero-order valence-corrected chi connectivity index (χ0v) is 20.2. The molecule has 2 amide bonds. The second kappa shape index (κ2) is 12.0. The molecule has 0 aromatic heterocycles. The Morgan fingerprint density at radius 2 is 1.69 bits per heavy atom. The molecule has 0 bridgehead atoms. The fourth-order valence-corrected chi connectivity index (χ4v) is 4.54. The first-order chi connectivity index (χ1) is 15.2. The molecule has 2 rings (SSSR count). The number of rotatable bonds is 11. The van der Waals surface area contributed by atoms with Gasteiger partial charge in [-0.3, -0.25) is 9.59 Å². The van der Waals surface area contributed by atoms with Crippen molar-refractivity contribution < 1.29 is 18.0 Å². The van der Waals surface area contributed by atoms with E-state index in [0.29, 0.717) is 18.0 Å². The number of nitrogens with zero attached hydrogens (tertiary/aromatic N) is 2. The molecule has 2 aromatic rings. The van der Waals surface area contributed by atoms with Crippen molar-refractivity contribution in [3.8, 4) is 0 Å². The number of hydrogen-bond donors (Lipinski definition) is 1. The van der Waals surface area contributed by atoms with Gasteiger partial charge in [0.1, 0.15) is 6.04 Å². The van der Waals surface area contributed by atoms with Gasteiger partial charge < -0.3 is 10.2 Å². The molecule has 0 aliphatic carbocycles. The maximum Gasteiger partial charge on any atom is 0.242 e. The summed E-state index contributed by atoms with van der Waals surface area (Å²) in [7, 11) is -2.12. The van der Waals surface area contributed by atoms with Crippen LogP contribution in [0.15, 0.2) is 59.5 Å². The highest BCUT2D eigenvalue weighted by Crippen LogP contribution is 2.17. The zero-order chi connectivity index (χ0) is 23.7. The summed E-state index contributed by atoms with van der Waals surface area (Å²) in [5.74, 6) is -0.456. The largest absolute Gasteiger partial charge is 0.355 e. The van der Waals surface area contributed by atoms with E-state index < -0.39 is 16.1 Å².